The SMILES string of the molecule is Cc1cnn(CCNCc2csc(-c3ncccn3)n2)c1. The maximum absolute atomic E-state index is 4.54. The lowest BCUT2D eigenvalue weighted by molar-refractivity contribution is 0.552. The number of nitrogens with one attached hydrogen (secondary N) is 1. The second-order valence-corrected chi connectivity index (χ2v) is 5.53. The monoisotopic (exact) mass is 300 g/mol. The van der Waals surface area contributed by atoms with Gasteiger partial charge in [-0.3, -0.25) is 4.68 Å². The topological polar surface area (TPSA) is 68.5 Å². The van der Waals surface area contributed by atoms with Crippen LogP contribution in [0, 0.1) is 6.92 Å². The number of thiazole rings is 1. The van der Waals surface area contributed by atoms with Gasteiger partial charge in [-0.2, -0.15) is 5.10 Å². The van der Waals surface area contributed by atoms with Crippen molar-refractivity contribution in [3.05, 3.63) is 47.5 Å². The van der Waals surface area contributed by atoms with E-state index in [9.17, 15) is 0 Å². The Bertz CT molecular complexity index is 690. The van der Waals surface area contributed by atoms with E-state index in [2.05, 4.69) is 25.4 Å². The Balaban J connectivity index is 1.49. The number of hydrogen-bond acceptors (Lipinski definition) is 6. The highest BCUT2D eigenvalue weighted by Gasteiger charge is 2.06. The summed E-state index contributed by atoms with van der Waals surface area (Å²) in [5.74, 6) is 0.681. The Kier molecular flexibility index (Phi) is 4.32. The van der Waals surface area contributed by atoms with Gasteiger partial charge in [-0.05, 0) is 18.6 Å². The molecule has 108 valence electrons. The summed E-state index contributed by atoms with van der Waals surface area (Å²) in [5.41, 5.74) is 2.20. The fraction of sp³-hybridized carbons (Fsp3) is 0.286. The van der Waals surface area contributed by atoms with E-state index >= 15 is 0 Å². The third-order valence-electron chi connectivity index (χ3n) is 2.89. The molecule has 0 spiro atoms. The van der Waals surface area contributed by atoms with E-state index in [0.717, 1.165) is 30.3 Å². The molecule has 0 saturated heterocycles. The molecule has 0 aliphatic rings. The van der Waals surface area contributed by atoms with Gasteiger partial charge in [0, 0.05) is 37.1 Å². The van der Waals surface area contributed by atoms with Crippen molar-refractivity contribution in [1.82, 2.24) is 30.0 Å². The average Bonchev–Trinajstić information content (AvgIpc) is 3.14. The highest BCUT2D eigenvalue weighted by Crippen LogP contribution is 2.19. The fourth-order valence-corrected chi connectivity index (χ4v) is 2.66. The highest BCUT2D eigenvalue weighted by atomic mass is 32.1. The third-order valence-corrected chi connectivity index (χ3v) is 3.78. The molecule has 21 heavy (non-hydrogen) atoms. The van der Waals surface area contributed by atoms with Crippen LogP contribution in [0.1, 0.15) is 11.3 Å². The molecule has 3 aromatic rings. The number of hydrogen-bond donors (Lipinski definition) is 1. The molecular formula is C14H16N6S. The van der Waals surface area contributed by atoms with Gasteiger partial charge in [0.15, 0.2) is 10.8 Å². The van der Waals surface area contributed by atoms with Crippen molar-refractivity contribution in [2.75, 3.05) is 6.54 Å². The quantitative estimate of drug-likeness (QED) is 0.704. The highest BCUT2D eigenvalue weighted by molar-refractivity contribution is 7.13. The van der Waals surface area contributed by atoms with Crippen molar-refractivity contribution in [2.24, 2.45) is 0 Å². The molecule has 0 radical (unpaired) electrons. The van der Waals surface area contributed by atoms with Crippen LogP contribution in [-0.4, -0.2) is 31.3 Å². The molecule has 0 bridgehead atoms. The largest absolute Gasteiger partial charge is 0.309 e. The zero-order valence-electron chi connectivity index (χ0n) is 11.7. The second-order valence-electron chi connectivity index (χ2n) is 4.67. The zero-order chi connectivity index (χ0) is 14.5. The molecule has 7 heteroatoms. The molecule has 1 N–H and O–H groups in total. The van der Waals surface area contributed by atoms with Crippen LogP contribution in [0.15, 0.2) is 36.2 Å². The summed E-state index contributed by atoms with van der Waals surface area (Å²) in [6, 6.07) is 1.80. The van der Waals surface area contributed by atoms with Gasteiger partial charge in [-0.25, -0.2) is 15.0 Å². The second kappa shape index (κ2) is 6.55. The van der Waals surface area contributed by atoms with E-state index in [1.54, 1.807) is 29.8 Å². The summed E-state index contributed by atoms with van der Waals surface area (Å²) >= 11 is 1.57. The van der Waals surface area contributed by atoms with Crippen molar-refractivity contribution in [3.8, 4) is 10.8 Å². The molecule has 6 nitrogen and oxygen atoms in total. The van der Waals surface area contributed by atoms with Crippen LogP contribution in [0.2, 0.25) is 0 Å². The Labute approximate surface area is 126 Å². The standard InChI is InChI=1S/C14H16N6S/c1-11-7-18-20(9-11)6-5-15-8-12-10-21-14(19-12)13-16-3-2-4-17-13/h2-4,7,9-10,15H,5-6,8H2,1H3. The number of nitrogens with zero attached hydrogens (tertiary/aromatic N) is 5. The predicted octanol–water partition coefficient (Wildman–Crippen LogP) is 1.89. The maximum atomic E-state index is 4.54. The summed E-state index contributed by atoms with van der Waals surface area (Å²) in [6.45, 7) is 4.49. The summed E-state index contributed by atoms with van der Waals surface area (Å²) < 4.78 is 1.94. The summed E-state index contributed by atoms with van der Waals surface area (Å²) in [5, 5.41) is 10.5. The first-order chi connectivity index (χ1) is 10.3. The number of aromatic nitrogens is 5. The summed E-state index contributed by atoms with van der Waals surface area (Å²) in [4.78, 5) is 12.9. The fourth-order valence-electron chi connectivity index (χ4n) is 1.90. The molecule has 0 fully saturated rings. The van der Waals surface area contributed by atoms with Crippen molar-refractivity contribution >= 4 is 11.3 Å². The van der Waals surface area contributed by atoms with Crippen molar-refractivity contribution in [1.29, 1.82) is 0 Å². The van der Waals surface area contributed by atoms with Crippen molar-refractivity contribution in [2.45, 2.75) is 20.0 Å². The van der Waals surface area contributed by atoms with Crippen molar-refractivity contribution in [3.63, 3.8) is 0 Å². The van der Waals surface area contributed by atoms with Crippen LogP contribution < -0.4 is 5.32 Å². The maximum Gasteiger partial charge on any atom is 0.188 e. The van der Waals surface area contributed by atoms with Crippen LogP contribution in [0.3, 0.4) is 0 Å². The Morgan fingerprint density at radius 3 is 2.90 bits per heavy atom. The first kappa shape index (κ1) is 13.8. The zero-order valence-corrected chi connectivity index (χ0v) is 12.5. The average molecular weight is 300 g/mol. The third kappa shape index (κ3) is 3.71. The van der Waals surface area contributed by atoms with E-state index in [-0.39, 0.29) is 0 Å². The molecular weight excluding hydrogens is 284 g/mol. The van der Waals surface area contributed by atoms with E-state index in [4.69, 9.17) is 0 Å². The molecule has 3 rings (SSSR count). The first-order valence-electron chi connectivity index (χ1n) is 6.73. The van der Waals surface area contributed by atoms with Crippen molar-refractivity contribution < 1.29 is 0 Å². The molecule has 0 aliphatic carbocycles. The lowest BCUT2D eigenvalue weighted by atomic mass is 10.4. The van der Waals surface area contributed by atoms with Crippen LogP contribution in [0.5, 0.6) is 0 Å². The summed E-state index contributed by atoms with van der Waals surface area (Å²) in [6.07, 6.45) is 7.36. The van der Waals surface area contributed by atoms with Gasteiger partial charge in [0.05, 0.1) is 18.4 Å². The molecule has 3 heterocycles. The Morgan fingerprint density at radius 2 is 2.14 bits per heavy atom. The van der Waals surface area contributed by atoms with Crippen LogP contribution in [-0.2, 0) is 13.1 Å². The van der Waals surface area contributed by atoms with Gasteiger partial charge in [-0.15, -0.1) is 11.3 Å². The molecule has 0 unspecified atom stereocenters. The van der Waals surface area contributed by atoms with Gasteiger partial charge in [-0.1, -0.05) is 0 Å². The molecule has 3 aromatic heterocycles. The van der Waals surface area contributed by atoms with E-state index in [1.165, 1.54) is 5.56 Å². The van der Waals surface area contributed by atoms with Crippen LogP contribution >= 0.6 is 11.3 Å². The molecule has 0 aliphatic heterocycles. The van der Waals surface area contributed by atoms with Gasteiger partial charge in [0.2, 0.25) is 0 Å². The van der Waals surface area contributed by atoms with Crippen LogP contribution in [0.4, 0.5) is 0 Å². The van der Waals surface area contributed by atoms with E-state index < -0.39 is 0 Å². The minimum absolute atomic E-state index is 0.681. The minimum atomic E-state index is 0.681. The van der Waals surface area contributed by atoms with E-state index in [1.807, 2.05) is 29.4 Å². The van der Waals surface area contributed by atoms with Gasteiger partial charge < -0.3 is 5.32 Å². The Morgan fingerprint density at radius 1 is 1.29 bits per heavy atom. The smallest absolute Gasteiger partial charge is 0.188 e. The normalized spacial score (nSPS) is 10.9. The molecule has 0 aromatic carbocycles. The lowest BCUT2D eigenvalue weighted by Gasteiger charge is -2.02. The van der Waals surface area contributed by atoms with E-state index in [0.29, 0.717) is 5.82 Å². The summed E-state index contributed by atoms with van der Waals surface area (Å²) in [7, 11) is 0. The van der Waals surface area contributed by atoms with Gasteiger partial charge in [0.25, 0.3) is 0 Å². The molecule has 0 atom stereocenters. The van der Waals surface area contributed by atoms with Crippen LogP contribution in [0.25, 0.3) is 10.8 Å². The van der Waals surface area contributed by atoms with Gasteiger partial charge >= 0.3 is 0 Å². The first-order valence-corrected chi connectivity index (χ1v) is 7.61. The number of rotatable bonds is 6. The van der Waals surface area contributed by atoms with Gasteiger partial charge in [0.1, 0.15) is 0 Å². The molecule has 0 saturated carbocycles. The Hall–Kier alpha value is -2.12. The minimum Gasteiger partial charge on any atom is -0.309 e. The lowest BCUT2D eigenvalue weighted by Crippen LogP contribution is -2.19. The molecule has 0 amide bonds. The number of aryl methyl sites for hydroxylation is 1. The predicted molar refractivity (Wildman–Crippen MR) is 81.8 cm³/mol.